The van der Waals surface area contributed by atoms with E-state index < -0.39 is 0 Å². The SMILES string of the molecule is CNC1CCCCCC1OCC1CCOC1. The summed E-state index contributed by atoms with van der Waals surface area (Å²) in [5, 5.41) is 3.41. The summed E-state index contributed by atoms with van der Waals surface area (Å²) in [5.74, 6) is 0.640. The van der Waals surface area contributed by atoms with Gasteiger partial charge >= 0.3 is 0 Å². The van der Waals surface area contributed by atoms with E-state index in [-0.39, 0.29) is 0 Å². The van der Waals surface area contributed by atoms with Crippen molar-refractivity contribution in [1.29, 1.82) is 0 Å². The number of likely N-dealkylation sites (N-methyl/N-ethyl adjacent to an activating group) is 1. The third-order valence-corrected chi connectivity index (χ3v) is 3.89. The zero-order chi connectivity index (χ0) is 11.2. The van der Waals surface area contributed by atoms with E-state index in [0.717, 1.165) is 19.8 Å². The van der Waals surface area contributed by atoms with Crippen LogP contribution in [-0.2, 0) is 9.47 Å². The molecular weight excluding hydrogens is 202 g/mol. The lowest BCUT2D eigenvalue weighted by Crippen LogP contribution is -2.39. The van der Waals surface area contributed by atoms with Crippen molar-refractivity contribution < 1.29 is 9.47 Å². The Morgan fingerprint density at radius 1 is 1.19 bits per heavy atom. The van der Waals surface area contributed by atoms with Crippen molar-refractivity contribution in [1.82, 2.24) is 5.32 Å². The van der Waals surface area contributed by atoms with Crippen molar-refractivity contribution in [2.45, 2.75) is 50.7 Å². The third-order valence-electron chi connectivity index (χ3n) is 3.89. The van der Waals surface area contributed by atoms with Crippen LogP contribution in [0.2, 0.25) is 0 Å². The summed E-state index contributed by atoms with van der Waals surface area (Å²) in [6.45, 7) is 2.72. The van der Waals surface area contributed by atoms with Gasteiger partial charge in [0.1, 0.15) is 0 Å². The highest BCUT2D eigenvalue weighted by molar-refractivity contribution is 4.79. The Labute approximate surface area is 98.9 Å². The van der Waals surface area contributed by atoms with Gasteiger partial charge in [-0.05, 0) is 26.3 Å². The van der Waals surface area contributed by atoms with E-state index in [1.165, 1.54) is 38.5 Å². The summed E-state index contributed by atoms with van der Waals surface area (Å²) in [7, 11) is 2.06. The molecule has 3 unspecified atom stereocenters. The maximum absolute atomic E-state index is 6.11. The molecule has 1 aliphatic carbocycles. The predicted octanol–water partition coefficient (Wildman–Crippen LogP) is 1.96. The minimum absolute atomic E-state index is 0.424. The fourth-order valence-corrected chi connectivity index (χ4v) is 2.78. The van der Waals surface area contributed by atoms with E-state index in [9.17, 15) is 0 Å². The van der Waals surface area contributed by atoms with Crippen molar-refractivity contribution in [3.8, 4) is 0 Å². The van der Waals surface area contributed by atoms with Gasteiger partial charge < -0.3 is 14.8 Å². The van der Waals surface area contributed by atoms with Crippen LogP contribution in [0.25, 0.3) is 0 Å². The van der Waals surface area contributed by atoms with Crippen molar-refractivity contribution in [3.05, 3.63) is 0 Å². The average molecular weight is 227 g/mol. The predicted molar refractivity (Wildman–Crippen MR) is 64.6 cm³/mol. The molecular formula is C13H25NO2. The maximum atomic E-state index is 6.11. The molecule has 3 atom stereocenters. The molecule has 3 nitrogen and oxygen atoms in total. The molecule has 0 aromatic rings. The average Bonchev–Trinajstić information content (AvgIpc) is 2.71. The Morgan fingerprint density at radius 2 is 2.06 bits per heavy atom. The lowest BCUT2D eigenvalue weighted by atomic mass is 10.1. The van der Waals surface area contributed by atoms with E-state index in [1.807, 2.05) is 0 Å². The molecule has 0 bridgehead atoms. The highest BCUT2D eigenvalue weighted by Gasteiger charge is 2.25. The molecule has 1 saturated heterocycles. The first-order chi connectivity index (χ1) is 7.90. The Morgan fingerprint density at radius 3 is 2.81 bits per heavy atom. The van der Waals surface area contributed by atoms with Crippen molar-refractivity contribution in [2.24, 2.45) is 5.92 Å². The van der Waals surface area contributed by atoms with Crippen LogP contribution < -0.4 is 5.32 Å². The highest BCUT2D eigenvalue weighted by atomic mass is 16.5. The quantitative estimate of drug-likeness (QED) is 0.745. The van der Waals surface area contributed by atoms with Crippen LogP contribution >= 0.6 is 0 Å². The summed E-state index contributed by atoms with van der Waals surface area (Å²) < 4.78 is 11.5. The normalized spacial score (nSPS) is 36.2. The van der Waals surface area contributed by atoms with Gasteiger partial charge in [0.05, 0.1) is 19.3 Å². The van der Waals surface area contributed by atoms with Crippen molar-refractivity contribution in [2.75, 3.05) is 26.9 Å². The number of ether oxygens (including phenoxy) is 2. The van der Waals surface area contributed by atoms with Crippen LogP contribution in [0.4, 0.5) is 0 Å². The van der Waals surface area contributed by atoms with Gasteiger partial charge in [-0.1, -0.05) is 19.3 Å². The van der Waals surface area contributed by atoms with E-state index in [0.29, 0.717) is 18.1 Å². The standard InChI is InChI=1S/C13H25NO2/c1-14-12-5-3-2-4-6-13(12)16-10-11-7-8-15-9-11/h11-14H,2-10H2,1H3. The smallest absolute Gasteiger partial charge is 0.0728 e. The molecule has 1 saturated carbocycles. The second kappa shape index (κ2) is 6.58. The van der Waals surface area contributed by atoms with Crippen LogP contribution in [0.3, 0.4) is 0 Å². The topological polar surface area (TPSA) is 30.5 Å². The van der Waals surface area contributed by atoms with Gasteiger partial charge in [0, 0.05) is 18.6 Å². The first-order valence-corrected chi connectivity index (χ1v) is 6.76. The first-order valence-electron chi connectivity index (χ1n) is 6.76. The van der Waals surface area contributed by atoms with Gasteiger partial charge in [-0.3, -0.25) is 0 Å². The van der Waals surface area contributed by atoms with Gasteiger partial charge in [0.2, 0.25) is 0 Å². The summed E-state index contributed by atoms with van der Waals surface area (Å²) in [5.41, 5.74) is 0. The minimum atomic E-state index is 0.424. The summed E-state index contributed by atoms with van der Waals surface area (Å²) in [6, 6.07) is 0.560. The molecule has 0 aromatic carbocycles. The van der Waals surface area contributed by atoms with E-state index in [4.69, 9.17) is 9.47 Å². The molecule has 1 heterocycles. The Kier molecular flexibility index (Phi) is 5.07. The molecule has 0 aromatic heterocycles. The van der Waals surface area contributed by atoms with Crippen molar-refractivity contribution >= 4 is 0 Å². The zero-order valence-corrected chi connectivity index (χ0v) is 10.4. The summed E-state index contributed by atoms with van der Waals surface area (Å²) in [6.07, 6.45) is 8.12. The molecule has 0 radical (unpaired) electrons. The molecule has 1 aliphatic heterocycles. The largest absolute Gasteiger partial charge is 0.381 e. The van der Waals surface area contributed by atoms with Gasteiger partial charge in [0.15, 0.2) is 0 Å². The molecule has 1 N–H and O–H groups in total. The highest BCUT2D eigenvalue weighted by Crippen LogP contribution is 2.22. The maximum Gasteiger partial charge on any atom is 0.0728 e. The molecule has 16 heavy (non-hydrogen) atoms. The second-order valence-corrected chi connectivity index (χ2v) is 5.13. The van der Waals surface area contributed by atoms with Crippen LogP contribution in [-0.4, -0.2) is 39.0 Å². The lowest BCUT2D eigenvalue weighted by molar-refractivity contribution is 0.00210. The minimum Gasteiger partial charge on any atom is -0.381 e. The monoisotopic (exact) mass is 227 g/mol. The Hall–Kier alpha value is -0.120. The zero-order valence-electron chi connectivity index (χ0n) is 10.4. The van der Waals surface area contributed by atoms with Gasteiger partial charge in [0.25, 0.3) is 0 Å². The van der Waals surface area contributed by atoms with Gasteiger partial charge in [-0.25, -0.2) is 0 Å². The van der Waals surface area contributed by atoms with Crippen LogP contribution in [0.5, 0.6) is 0 Å². The Bertz CT molecular complexity index is 192. The number of nitrogens with one attached hydrogen (secondary N) is 1. The molecule has 2 fully saturated rings. The second-order valence-electron chi connectivity index (χ2n) is 5.13. The van der Waals surface area contributed by atoms with Gasteiger partial charge in [-0.15, -0.1) is 0 Å². The summed E-state index contributed by atoms with van der Waals surface area (Å²) >= 11 is 0. The number of hydrogen-bond donors (Lipinski definition) is 1. The fourth-order valence-electron chi connectivity index (χ4n) is 2.78. The van der Waals surface area contributed by atoms with Crippen LogP contribution in [0.15, 0.2) is 0 Å². The lowest BCUT2D eigenvalue weighted by Gasteiger charge is -2.26. The molecule has 3 heteroatoms. The van der Waals surface area contributed by atoms with Gasteiger partial charge in [-0.2, -0.15) is 0 Å². The Balaban J connectivity index is 1.75. The molecule has 0 spiro atoms. The number of hydrogen-bond acceptors (Lipinski definition) is 3. The van der Waals surface area contributed by atoms with Crippen LogP contribution in [0, 0.1) is 5.92 Å². The first kappa shape index (κ1) is 12.3. The number of rotatable bonds is 4. The molecule has 0 amide bonds. The van der Waals surface area contributed by atoms with E-state index in [2.05, 4.69) is 12.4 Å². The fraction of sp³-hybridized carbons (Fsp3) is 1.00. The molecule has 94 valence electrons. The summed E-state index contributed by atoms with van der Waals surface area (Å²) in [4.78, 5) is 0. The van der Waals surface area contributed by atoms with E-state index >= 15 is 0 Å². The molecule has 2 aliphatic rings. The van der Waals surface area contributed by atoms with Crippen LogP contribution in [0.1, 0.15) is 38.5 Å². The van der Waals surface area contributed by atoms with E-state index in [1.54, 1.807) is 0 Å². The molecule has 2 rings (SSSR count). The third kappa shape index (κ3) is 3.44. The van der Waals surface area contributed by atoms with Crippen molar-refractivity contribution in [3.63, 3.8) is 0 Å².